The van der Waals surface area contributed by atoms with E-state index in [1.165, 1.54) is 25.7 Å². The molecule has 0 saturated heterocycles. The third kappa shape index (κ3) is 12.8. The Morgan fingerprint density at radius 3 is 2.00 bits per heavy atom. The highest BCUT2D eigenvalue weighted by Crippen LogP contribution is 2.18. The van der Waals surface area contributed by atoms with Crippen molar-refractivity contribution in [2.75, 3.05) is 13.2 Å². The molecule has 23 heavy (non-hydrogen) atoms. The fourth-order valence-corrected chi connectivity index (χ4v) is 2.02. The molecular weight excluding hydrogens is 286 g/mol. The van der Waals surface area contributed by atoms with Gasteiger partial charge in [0.1, 0.15) is 5.75 Å². The average Bonchev–Trinajstić information content (AvgIpc) is 2.61. The van der Waals surface area contributed by atoms with Gasteiger partial charge >= 0.3 is 0 Å². The minimum atomic E-state index is 0.0531. The monoisotopic (exact) mass is 323 g/mol. The number of para-hydroxylation sites is 1. The van der Waals surface area contributed by atoms with Crippen LogP contribution in [-0.4, -0.2) is 18.9 Å². The second kappa shape index (κ2) is 18.7. The van der Waals surface area contributed by atoms with Crippen molar-refractivity contribution in [3.8, 4) is 5.75 Å². The fourth-order valence-electron chi connectivity index (χ4n) is 2.02. The lowest BCUT2D eigenvalue weighted by atomic mass is 10.1. The highest BCUT2D eigenvalue weighted by atomic mass is 16.5. The summed E-state index contributed by atoms with van der Waals surface area (Å²) < 4.78 is 5.69. The number of nitrogens with two attached hydrogens (primary N) is 1. The number of benzene rings is 1. The van der Waals surface area contributed by atoms with Crippen molar-refractivity contribution in [2.45, 2.75) is 73.1 Å². The minimum Gasteiger partial charge on any atom is -0.493 e. The van der Waals surface area contributed by atoms with Crippen molar-refractivity contribution in [1.82, 2.24) is 0 Å². The van der Waals surface area contributed by atoms with E-state index >= 15 is 0 Å². The van der Waals surface area contributed by atoms with Crippen molar-refractivity contribution in [3.05, 3.63) is 29.8 Å². The van der Waals surface area contributed by atoms with E-state index in [4.69, 9.17) is 10.5 Å². The van der Waals surface area contributed by atoms with E-state index < -0.39 is 0 Å². The maximum atomic E-state index is 11.4. The van der Waals surface area contributed by atoms with Crippen LogP contribution in [0.5, 0.6) is 5.75 Å². The highest BCUT2D eigenvalue weighted by Gasteiger charge is 2.06. The first-order valence-electron chi connectivity index (χ1n) is 9.18. The van der Waals surface area contributed by atoms with Crippen LogP contribution < -0.4 is 10.5 Å². The van der Waals surface area contributed by atoms with Crippen molar-refractivity contribution in [2.24, 2.45) is 5.73 Å². The Balaban J connectivity index is 0. The molecule has 2 N–H and O–H groups in total. The summed E-state index contributed by atoms with van der Waals surface area (Å²) in [5.74, 6) is 0.760. The molecule has 0 saturated carbocycles. The molecule has 3 heteroatoms. The Morgan fingerprint density at radius 2 is 1.43 bits per heavy atom. The second-order valence-corrected chi connectivity index (χ2v) is 4.81. The molecule has 134 valence electrons. The number of rotatable bonds is 10. The zero-order chi connectivity index (χ0) is 17.9. The van der Waals surface area contributed by atoms with E-state index in [-0.39, 0.29) is 5.78 Å². The Hall–Kier alpha value is -1.35. The first-order chi connectivity index (χ1) is 11.3. The van der Waals surface area contributed by atoms with E-state index in [0.717, 1.165) is 19.4 Å². The molecule has 0 aliphatic rings. The molecule has 0 spiro atoms. The number of carbonyl (C=O) groups is 1. The van der Waals surface area contributed by atoms with Crippen LogP contribution in [0.25, 0.3) is 0 Å². The first kappa shape index (κ1) is 23.9. The molecule has 0 heterocycles. The Labute approximate surface area is 143 Å². The van der Waals surface area contributed by atoms with Crippen molar-refractivity contribution >= 4 is 5.78 Å². The number of unbranched alkanes of at least 4 members (excludes halogenated alkanes) is 5. The van der Waals surface area contributed by atoms with Gasteiger partial charge in [-0.1, -0.05) is 65.5 Å². The van der Waals surface area contributed by atoms with Gasteiger partial charge in [-0.15, -0.1) is 0 Å². The van der Waals surface area contributed by atoms with Crippen LogP contribution in [0.2, 0.25) is 0 Å². The third-order valence-electron chi connectivity index (χ3n) is 3.12. The van der Waals surface area contributed by atoms with Gasteiger partial charge in [0.2, 0.25) is 0 Å². The molecule has 0 radical (unpaired) electrons. The molecule has 1 aromatic rings. The number of hydrogen-bond donors (Lipinski definition) is 1. The van der Waals surface area contributed by atoms with Crippen LogP contribution in [-0.2, 0) is 0 Å². The topological polar surface area (TPSA) is 52.3 Å². The van der Waals surface area contributed by atoms with Gasteiger partial charge in [-0.05, 0) is 38.4 Å². The maximum Gasteiger partial charge on any atom is 0.163 e. The molecule has 0 bridgehead atoms. The van der Waals surface area contributed by atoms with Gasteiger partial charge in [0, 0.05) is 0 Å². The molecule has 0 unspecified atom stereocenters. The summed E-state index contributed by atoms with van der Waals surface area (Å²) >= 11 is 0. The molecule has 1 aromatic carbocycles. The quantitative estimate of drug-likeness (QED) is 0.449. The van der Waals surface area contributed by atoms with E-state index in [0.29, 0.717) is 17.9 Å². The molecule has 0 atom stereocenters. The Bertz CT molecular complexity index is 378. The number of ketones is 1. The van der Waals surface area contributed by atoms with Gasteiger partial charge in [0.05, 0.1) is 12.2 Å². The number of ether oxygens (including phenoxy) is 1. The summed E-state index contributed by atoms with van der Waals surface area (Å²) in [6, 6.07) is 7.43. The van der Waals surface area contributed by atoms with Crippen LogP contribution in [0.15, 0.2) is 24.3 Å². The largest absolute Gasteiger partial charge is 0.493 e. The predicted molar refractivity (Wildman–Crippen MR) is 101 cm³/mol. The zero-order valence-corrected chi connectivity index (χ0v) is 15.9. The summed E-state index contributed by atoms with van der Waals surface area (Å²) in [7, 11) is 0. The molecule has 0 aromatic heterocycles. The molecule has 3 nitrogen and oxygen atoms in total. The highest BCUT2D eigenvalue weighted by molar-refractivity contribution is 5.96. The maximum absolute atomic E-state index is 11.4. The Morgan fingerprint density at radius 1 is 0.913 bits per heavy atom. The third-order valence-corrected chi connectivity index (χ3v) is 3.12. The smallest absolute Gasteiger partial charge is 0.163 e. The van der Waals surface area contributed by atoms with E-state index in [9.17, 15) is 4.79 Å². The van der Waals surface area contributed by atoms with Gasteiger partial charge in [-0.2, -0.15) is 0 Å². The predicted octanol–water partition coefficient (Wildman–Crippen LogP) is 5.62. The van der Waals surface area contributed by atoms with Gasteiger partial charge in [0.25, 0.3) is 0 Å². The molecular formula is C20H37NO2. The van der Waals surface area contributed by atoms with E-state index in [2.05, 4.69) is 0 Å². The zero-order valence-electron chi connectivity index (χ0n) is 15.9. The average molecular weight is 324 g/mol. The lowest BCUT2D eigenvalue weighted by Gasteiger charge is -2.09. The lowest BCUT2D eigenvalue weighted by Crippen LogP contribution is -2.02. The van der Waals surface area contributed by atoms with Crippen molar-refractivity contribution < 1.29 is 9.53 Å². The van der Waals surface area contributed by atoms with Crippen LogP contribution in [0.3, 0.4) is 0 Å². The van der Waals surface area contributed by atoms with Crippen LogP contribution in [0.4, 0.5) is 0 Å². The van der Waals surface area contributed by atoms with Gasteiger partial charge < -0.3 is 10.5 Å². The van der Waals surface area contributed by atoms with Crippen molar-refractivity contribution in [1.29, 1.82) is 0 Å². The molecule has 1 rings (SSSR count). The van der Waals surface area contributed by atoms with Crippen LogP contribution >= 0.6 is 0 Å². The molecule has 0 fully saturated rings. The van der Waals surface area contributed by atoms with E-state index in [1.807, 2.05) is 52.0 Å². The second-order valence-electron chi connectivity index (χ2n) is 4.81. The molecule has 0 aliphatic heterocycles. The SMILES string of the molecule is CC.CC.CC(=O)c1ccccc1OCCCCCCCCN. The first-order valence-corrected chi connectivity index (χ1v) is 9.18. The standard InChI is InChI=1S/C16H25NO2.2C2H6/c1-14(18)15-10-6-7-11-16(15)19-13-9-5-3-2-4-8-12-17;2*1-2/h6-7,10-11H,2-5,8-9,12-13,17H2,1H3;2*1-2H3. The van der Waals surface area contributed by atoms with Gasteiger partial charge in [-0.25, -0.2) is 0 Å². The summed E-state index contributed by atoms with van der Waals surface area (Å²) in [5.41, 5.74) is 6.12. The number of Topliss-reactive ketones (excluding diaryl/α,β-unsaturated/α-hetero) is 1. The summed E-state index contributed by atoms with van der Waals surface area (Å²) in [5, 5.41) is 0. The Kier molecular flexibility index (Phi) is 19.4. The normalized spacial score (nSPS) is 9.13. The summed E-state index contributed by atoms with van der Waals surface area (Å²) in [6.45, 7) is 11.0. The van der Waals surface area contributed by atoms with Gasteiger partial charge in [-0.3, -0.25) is 4.79 Å². The van der Waals surface area contributed by atoms with Crippen LogP contribution in [0.1, 0.15) is 83.5 Å². The summed E-state index contributed by atoms with van der Waals surface area (Å²) in [4.78, 5) is 11.4. The number of hydrogen-bond acceptors (Lipinski definition) is 3. The molecule has 0 amide bonds. The summed E-state index contributed by atoms with van der Waals surface area (Å²) in [6.07, 6.45) is 7.05. The van der Waals surface area contributed by atoms with Gasteiger partial charge in [0.15, 0.2) is 5.78 Å². The fraction of sp³-hybridized carbons (Fsp3) is 0.650. The molecule has 0 aliphatic carbocycles. The van der Waals surface area contributed by atoms with E-state index in [1.54, 1.807) is 6.92 Å². The van der Waals surface area contributed by atoms with Crippen LogP contribution in [0, 0.1) is 0 Å². The van der Waals surface area contributed by atoms with Crippen molar-refractivity contribution in [3.63, 3.8) is 0 Å². The minimum absolute atomic E-state index is 0.0531. The number of carbonyl (C=O) groups excluding carboxylic acids is 1. The lowest BCUT2D eigenvalue weighted by molar-refractivity contribution is 0.101.